The third-order valence-electron chi connectivity index (χ3n) is 4.36. The molecule has 0 heterocycles. The molecule has 116 valence electrons. The van der Waals surface area contributed by atoms with Crippen molar-refractivity contribution in [1.29, 1.82) is 0 Å². The summed E-state index contributed by atoms with van der Waals surface area (Å²) in [4.78, 5) is 12.1. The van der Waals surface area contributed by atoms with Gasteiger partial charge in [0.05, 0.1) is 11.2 Å². The normalized spacial score (nSPS) is 25.4. The van der Waals surface area contributed by atoms with E-state index in [9.17, 15) is 13.6 Å². The number of benzene rings is 1. The SMILES string of the molecule is CC1CCCCC1(CN)NC(=O)Nc1ccc(F)cc1F. The minimum absolute atomic E-state index is 0.0514. The Labute approximate surface area is 123 Å². The molecule has 1 aromatic carbocycles. The second-order valence-electron chi connectivity index (χ2n) is 5.71. The van der Waals surface area contributed by atoms with Gasteiger partial charge in [-0.2, -0.15) is 0 Å². The highest BCUT2D eigenvalue weighted by Crippen LogP contribution is 2.33. The van der Waals surface area contributed by atoms with Crippen LogP contribution in [0.4, 0.5) is 19.3 Å². The number of nitrogens with one attached hydrogen (secondary N) is 2. The Morgan fingerprint density at radius 3 is 2.81 bits per heavy atom. The quantitative estimate of drug-likeness (QED) is 0.803. The van der Waals surface area contributed by atoms with Crippen LogP contribution in [0.1, 0.15) is 32.6 Å². The average molecular weight is 297 g/mol. The fourth-order valence-corrected chi connectivity index (χ4v) is 2.92. The zero-order chi connectivity index (χ0) is 15.5. The smallest absolute Gasteiger partial charge is 0.319 e. The lowest BCUT2D eigenvalue weighted by atomic mass is 9.73. The lowest BCUT2D eigenvalue weighted by molar-refractivity contribution is 0.166. The molecular formula is C15H21F2N3O. The zero-order valence-electron chi connectivity index (χ0n) is 12.1. The van der Waals surface area contributed by atoms with Crippen molar-refractivity contribution in [2.45, 2.75) is 38.1 Å². The van der Waals surface area contributed by atoms with Gasteiger partial charge in [0.2, 0.25) is 0 Å². The lowest BCUT2D eigenvalue weighted by Gasteiger charge is -2.42. The van der Waals surface area contributed by atoms with Gasteiger partial charge in [-0.15, -0.1) is 0 Å². The van der Waals surface area contributed by atoms with Crippen LogP contribution in [0.15, 0.2) is 18.2 Å². The number of rotatable bonds is 3. The summed E-state index contributed by atoms with van der Waals surface area (Å²) in [6.45, 7) is 2.40. The Hall–Kier alpha value is -1.69. The summed E-state index contributed by atoms with van der Waals surface area (Å²) in [5, 5.41) is 5.30. The summed E-state index contributed by atoms with van der Waals surface area (Å²) in [5.74, 6) is -1.22. The van der Waals surface area contributed by atoms with Crippen LogP contribution in [-0.4, -0.2) is 18.1 Å². The van der Waals surface area contributed by atoms with E-state index in [1.807, 2.05) is 0 Å². The van der Waals surface area contributed by atoms with Crippen molar-refractivity contribution in [3.8, 4) is 0 Å². The lowest BCUT2D eigenvalue weighted by Crippen LogP contribution is -2.60. The molecule has 1 aliphatic carbocycles. The minimum atomic E-state index is -0.802. The maximum absolute atomic E-state index is 13.5. The fourth-order valence-electron chi connectivity index (χ4n) is 2.92. The van der Waals surface area contributed by atoms with Gasteiger partial charge < -0.3 is 16.4 Å². The summed E-state index contributed by atoms with van der Waals surface area (Å²) in [6.07, 6.45) is 3.94. The topological polar surface area (TPSA) is 67.1 Å². The molecule has 2 unspecified atom stereocenters. The van der Waals surface area contributed by atoms with E-state index in [0.717, 1.165) is 37.8 Å². The van der Waals surface area contributed by atoms with Crippen LogP contribution < -0.4 is 16.4 Å². The van der Waals surface area contributed by atoms with Gasteiger partial charge in [-0.05, 0) is 30.9 Å². The van der Waals surface area contributed by atoms with Crippen LogP contribution in [-0.2, 0) is 0 Å². The fraction of sp³-hybridized carbons (Fsp3) is 0.533. The van der Waals surface area contributed by atoms with Crippen molar-refractivity contribution >= 4 is 11.7 Å². The molecule has 0 bridgehead atoms. The Bertz CT molecular complexity index is 524. The van der Waals surface area contributed by atoms with Crippen LogP contribution in [0, 0.1) is 17.6 Å². The number of hydrogen-bond acceptors (Lipinski definition) is 2. The number of carbonyl (C=O) groups is 1. The van der Waals surface area contributed by atoms with Gasteiger partial charge in [0.1, 0.15) is 11.6 Å². The van der Waals surface area contributed by atoms with Gasteiger partial charge in [-0.25, -0.2) is 13.6 Å². The molecule has 1 aliphatic rings. The van der Waals surface area contributed by atoms with Gasteiger partial charge in [-0.3, -0.25) is 0 Å². The maximum Gasteiger partial charge on any atom is 0.319 e. The summed E-state index contributed by atoms with van der Waals surface area (Å²) >= 11 is 0. The molecule has 4 N–H and O–H groups in total. The molecule has 6 heteroatoms. The Kier molecular flexibility index (Phi) is 4.77. The third-order valence-corrected chi connectivity index (χ3v) is 4.36. The van der Waals surface area contributed by atoms with Gasteiger partial charge in [0, 0.05) is 12.6 Å². The van der Waals surface area contributed by atoms with E-state index in [4.69, 9.17) is 5.73 Å². The van der Waals surface area contributed by atoms with E-state index >= 15 is 0 Å². The number of carbonyl (C=O) groups excluding carboxylic acids is 1. The number of nitrogens with two attached hydrogens (primary N) is 1. The van der Waals surface area contributed by atoms with E-state index < -0.39 is 23.2 Å². The molecule has 2 atom stereocenters. The summed E-state index contributed by atoms with van der Waals surface area (Å²) in [6, 6.07) is 2.52. The van der Waals surface area contributed by atoms with Crippen LogP contribution in [0.2, 0.25) is 0 Å². The van der Waals surface area contributed by atoms with Crippen LogP contribution >= 0.6 is 0 Å². The molecule has 2 rings (SSSR count). The Morgan fingerprint density at radius 1 is 1.43 bits per heavy atom. The number of amides is 2. The Balaban J connectivity index is 2.06. The molecular weight excluding hydrogens is 276 g/mol. The van der Waals surface area contributed by atoms with Gasteiger partial charge >= 0.3 is 6.03 Å². The van der Waals surface area contributed by atoms with Crippen molar-refractivity contribution in [2.75, 3.05) is 11.9 Å². The van der Waals surface area contributed by atoms with Crippen molar-refractivity contribution < 1.29 is 13.6 Å². The third kappa shape index (κ3) is 3.50. The minimum Gasteiger partial charge on any atom is -0.331 e. The number of urea groups is 1. The largest absolute Gasteiger partial charge is 0.331 e. The monoisotopic (exact) mass is 297 g/mol. The van der Waals surface area contributed by atoms with Gasteiger partial charge in [0.25, 0.3) is 0 Å². The zero-order valence-corrected chi connectivity index (χ0v) is 12.1. The van der Waals surface area contributed by atoms with Gasteiger partial charge in [0.15, 0.2) is 0 Å². The first kappa shape index (κ1) is 15.7. The summed E-state index contributed by atoms with van der Waals surface area (Å²) in [7, 11) is 0. The highest BCUT2D eigenvalue weighted by Gasteiger charge is 2.38. The predicted octanol–water partition coefficient (Wildman–Crippen LogP) is 2.99. The average Bonchev–Trinajstić information content (AvgIpc) is 2.44. The van der Waals surface area contributed by atoms with Gasteiger partial charge in [-0.1, -0.05) is 19.8 Å². The standard InChI is InChI=1S/C15H21F2N3O/c1-10-4-2-3-7-15(10,9-18)20-14(21)19-13-6-5-11(16)8-12(13)17/h5-6,8,10H,2-4,7,9,18H2,1H3,(H2,19,20,21). The molecule has 21 heavy (non-hydrogen) atoms. The highest BCUT2D eigenvalue weighted by molar-refractivity contribution is 5.90. The van der Waals surface area contributed by atoms with E-state index in [1.54, 1.807) is 0 Å². The second kappa shape index (κ2) is 6.39. The first-order valence-corrected chi connectivity index (χ1v) is 7.21. The second-order valence-corrected chi connectivity index (χ2v) is 5.71. The first-order chi connectivity index (χ1) is 9.97. The van der Waals surface area contributed by atoms with E-state index in [0.29, 0.717) is 6.54 Å². The van der Waals surface area contributed by atoms with E-state index in [2.05, 4.69) is 17.6 Å². The summed E-state index contributed by atoms with van der Waals surface area (Å²) in [5.41, 5.74) is 5.34. The van der Waals surface area contributed by atoms with Crippen LogP contribution in [0.25, 0.3) is 0 Å². The Morgan fingerprint density at radius 2 is 2.19 bits per heavy atom. The van der Waals surface area contributed by atoms with Crippen molar-refractivity contribution in [2.24, 2.45) is 11.7 Å². The molecule has 1 aromatic rings. The van der Waals surface area contributed by atoms with Crippen LogP contribution in [0.3, 0.4) is 0 Å². The molecule has 0 saturated heterocycles. The molecule has 4 nitrogen and oxygen atoms in total. The molecule has 0 aromatic heterocycles. The molecule has 0 radical (unpaired) electrons. The van der Waals surface area contributed by atoms with Crippen molar-refractivity contribution in [3.05, 3.63) is 29.8 Å². The molecule has 2 amide bonds. The molecule has 1 fully saturated rings. The highest BCUT2D eigenvalue weighted by atomic mass is 19.1. The number of halogens is 2. The molecule has 0 spiro atoms. The van der Waals surface area contributed by atoms with Crippen molar-refractivity contribution in [1.82, 2.24) is 5.32 Å². The number of hydrogen-bond donors (Lipinski definition) is 3. The van der Waals surface area contributed by atoms with E-state index in [-0.39, 0.29) is 11.6 Å². The maximum atomic E-state index is 13.5. The first-order valence-electron chi connectivity index (χ1n) is 7.21. The summed E-state index contributed by atoms with van der Waals surface area (Å²) < 4.78 is 26.4. The van der Waals surface area contributed by atoms with Crippen LogP contribution in [0.5, 0.6) is 0 Å². The van der Waals surface area contributed by atoms with E-state index in [1.165, 1.54) is 6.07 Å². The van der Waals surface area contributed by atoms with Crippen molar-refractivity contribution in [3.63, 3.8) is 0 Å². The molecule has 1 saturated carbocycles. The molecule has 0 aliphatic heterocycles. The number of anilines is 1. The predicted molar refractivity (Wildman–Crippen MR) is 77.9 cm³/mol.